The summed E-state index contributed by atoms with van der Waals surface area (Å²) in [6, 6.07) is 18.9. The Bertz CT molecular complexity index is 636. The van der Waals surface area contributed by atoms with Crippen molar-refractivity contribution in [3.05, 3.63) is 71.8 Å². The summed E-state index contributed by atoms with van der Waals surface area (Å²) in [7, 11) is 0. The van der Waals surface area contributed by atoms with E-state index < -0.39 is 5.67 Å². The minimum Gasteiger partial charge on any atom is -0.347 e. The maximum Gasteiger partial charge on any atom is 0.179 e. The molecule has 3 nitrogen and oxygen atoms in total. The van der Waals surface area contributed by atoms with Gasteiger partial charge in [-0.3, -0.25) is 4.84 Å². The van der Waals surface area contributed by atoms with Crippen LogP contribution in [-0.2, 0) is 21.8 Å². The second kappa shape index (κ2) is 5.47. The Labute approximate surface area is 129 Å². The molecule has 3 atom stereocenters. The molecular formula is C18H18FNO2. The second-order valence-electron chi connectivity index (χ2n) is 5.89. The molecule has 0 aliphatic carbocycles. The van der Waals surface area contributed by atoms with Gasteiger partial charge in [0.25, 0.3) is 0 Å². The van der Waals surface area contributed by atoms with Crippen molar-refractivity contribution in [1.29, 1.82) is 0 Å². The molecule has 2 heterocycles. The Kier molecular flexibility index (Phi) is 3.45. The molecule has 2 aliphatic rings. The van der Waals surface area contributed by atoms with Crippen LogP contribution in [0.15, 0.2) is 60.7 Å². The molecule has 2 saturated heterocycles. The van der Waals surface area contributed by atoms with Crippen molar-refractivity contribution in [3.63, 3.8) is 0 Å². The molecule has 0 aromatic heterocycles. The highest BCUT2D eigenvalue weighted by Crippen LogP contribution is 2.44. The van der Waals surface area contributed by atoms with Crippen LogP contribution in [0.25, 0.3) is 0 Å². The van der Waals surface area contributed by atoms with Crippen molar-refractivity contribution in [3.8, 4) is 0 Å². The van der Waals surface area contributed by atoms with E-state index in [4.69, 9.17) is 9.57 Å². The number of hydroxylamine groups is 2. The average molecular weight is 299 g/mol. The fraction of sp³-hybridized carbons (Fsp3) is 0.333. The lowest BCUT2D eigenvalue weighted by Gasteiger charge is -2.36. The van der Waals surface area contributed by atoms with Gasteiger partial charge < -0.3 is 4.74 Å². The average Bonchev–Trinajstić information content (AvgIpc) is 2.92. The van der Waals surface area contributed by atoms with E-state index in [1.807, 2.05) is 60.7 Å². The fourth-order valence-electron chi connectivity index (χ4n) is 3.29. The van der Waals surface area contributed by atoms with Crippen LogP contribution >= 0.6 is 0 Å². The third-order valence-electron chi connectivity index (χ3n) is 4.46. The summed E-state index contributed by atoms with van der Waals surface area (Å²) in [6.45, 7) is 0.599. The molecule has 0 spiro atoms. The first-order valence-corrected chi connectivity index (χ1v) is 7.59. The third-order valence-corrected chi connectivity index (χ3v) is 4.46. The predicted molar refractivity (Wildman–Crippen MR) is 80.4 cm³/mol. The largest absolute Gasteiger partial charge is 0.347 e. The van der Waals surface area contributed by atoms with Crippen LogP contribution in [0.1, 0.15) is 17.5 Å². The zero-order valence-corrected chi connectivity index (χ0v) is 12.2. The molecule has 0 amide bonds. The highest BCUT2D eigenvalue weighted by Gasteiger charge is 2.54. The molecule has 0 N–H and O–H groups in total. The summed E-state index contributed by atoms with van der Waals surface area (Å²) in [5, 5.41) is 1.75. The van der Waals surface area contributed by atoms with Gasteiger partial charge in [-0.1, -0.05) is 60.7 Å². The molecule has 0 saturated carbocycles. The molecule has 114 valence electrons. The van der Waals surface area contributed by atoms with E-state index in [0.717, 1.165) is 5.56 Å². The van der Waals surface area contributed by atoms with Crippen LogP contribution < -0.4 is 0 Å². The van der Waals surface area contributed by atoms with Crippen LogP contribution in [0.2, 0.25) is 0 Å². The molecule has 2 bridgehead atoms. The van der Waals surface area contributed by atoms with Crippen LogP contribution in [0.4, 0.5) is 4.39 Å². The van der Waals surface area contributed by atoms with Gasteiger partial charge in [0.15, 0.2) is 12.0 Å². The fourth-order valence-corrected chi connectivity index (χ4v) is 3.29. The Hall–Kier alpha value is -1.75. The molecule has 0 radical (unpaired) electrons. The van der Waals surface area contributed by atoms with Gasteiger partial charge in [0.2, 0.25) is 0 Å². The minimum atomic E-state index is -1.54. The van der Waals surface area contributed by atoms with E-state index in [9.17, 15) is 0 Å². The van der Waals surface area contributed by atoms with Crippen LogP contribution in [0, 0.1) is 0 Å². The number of hydrogen-bond acceptors (Lipinski definition) is 3. The molecule has 4 heteroatoms. The van der Waals surface area contributed by atoms with Crippen molar-refractivity contribution >= 4 is 0 Å². The van der Waals surface area contributed by atoms with Gasteiger partial charge >= 0.3 is 0 Å². The van der Waals surface area contributed by atoms with Crippen molar-refractivity contribution in [2.75, 3.05) is 6.61 Å². The molecule has 22 heavy (non-hydrogen) atoms. The molecule has 2 fully saturated rings. The van der Waals surface area contributed by atoms with Crippen LogP contribution in [0.5, 0.6) is 0 Å². The van der Waals surface area contributed by atoms with E-state index in [1.54, 1.807) is 5.06 Å². The summed E-state index contributed by atoms with van der Waals surface area (Å²) in [6.07, 6.45) is 0.222. The topological polar surface area (TPSA) is 21.7 Å². The first-order chi connectivity index (χ1) is 10.8. The first kappa shape index (κ1) is 13.9. The van der Waals surface area contributed by atoms with Gasteiger partial charge in [-0.15, -0.1) is 0 Å². The monoisotopic (exact) mass is 299 g/mol. The quantitative estimate of drug-likeness (QED) is 0.867. The van der Waals surface area contributed by atoms with Gasteiger partial charge in [-0.2, -0.15) is 5.06 Å². The summed E-state index contributed by atoms with van der Waals surface area (Å²) in [5.41, 5.74) is 0.218. The number of nitrogens with zero attached hydrogens (tertiary/aromatic N) is 1. The highest BCUT2D eigenvalue weighted by atomic mass is 19.1. The Morgan fingerprint density at radius 1 is 1.05 bits per heavy atom. The molecule has 2 aromatic rings. The number of hydrogen-bond donors (Lipinski definition) is 0. The number of rotatable bonds is 3. The lowest BCUT2D eigenvalue weighted by molar-refractivity contribution is -0.228. The van der Waals surface area contributed by atoms with E-state index >= 15 is 4.39 Å². The van der Waals surface area contributed by atoms with Crippen LogP contribution in [-0.4, -0.2) is 24.0 Å². The van der Waals surface area contributed by atoms with E-state index in [2.05, 4.69) is 0 Å². The zero-order valence-electron chi connectivity index (χ0n) is 12.2. The molecule has 2 aliphatic heterocycles. The summed E-state index contributed by atoms with van der Waals surface area (Å²) in [4.78, 5) is 5.78. The van der Waals surface area contributed by atoms with Gasteiger partial charge in [-0.05, 0) is 11.1 Å². The maximum absolute atomic E-state index is 15.7. The third kappa shape index (κ3) is 2.33. The number of benzene rings is 2. The smallest absolute Gasteiger partial charge is 0.179 e. The molecule has 0 unspecified atom stereocenters. The van der Waals surface area contributed by atoms with Crippen LogP contribution in [0.3, 0.4) is 0 Å². The highest BCUT2D eigenvalue weighted by molar-refractivity contribution is 5.26. The van der Waals surface area contributed by atoms with Gasteiger partial charge in [-0.25, -0.2) is 4.39 Å². The van der Waals surface area contributed by atoms with Crippen molar-refractivity contribution in [1.82, 2.24) is 5.06 Å². The van der Waals surface area contributed by atoms with Crippen molar-refractivity contribution in [2.45, 2.75) is 31.0 Å². The van der Waals surface area contributed by atoms with Gasteiger partial charge in [0.05, 0.1) is 12.6 Å². The summed E-state index contributed by atoms with van der Waals surface area (Å²) in [5.74, 6) is 0. The first-order valence-electron chi connectivity index (χ1n) is 7.59. The number of ether oxygens (including phenoxy) is 1. The number of alkyl halides is 1. The van der Waals surface area contributed by atoms with Crippen molar-refractivity contribution < 1.29 is 14.0 Å². The second-order valence-corrected chi connectivity index (χ2v) is 5.89. The van der Waals surface area contributed by atoms with E-state index in [-0.39, 0.29) is 18.9 Å². The normalized spacial score (nSPS) is 31.3. The lowest BCUT2D eigenvalue weighted by atomic mass is 9.85. The molecular weight excluding hydrogens is 281 g/mol. The number of fused-ring (bicyclic) bond motifs is 2. The molecule has 2 aromatic carbocycles. The minimum absolute atomic E-state index is 0.0393. The Morgan fingerprint density at radius 2 is 1.73 bits per heavy atom. The zero-order chi connectivity index (χ0) is 15.0. The summed E-state index contributed by atoms with van der Waals surface area (Å²) >= 11 is 0. The Balaban J connectivity index is 1.63. The molecule has 4 rings (SSSR count). The maximum atomic E-state index is 15.7. The standard InChI is InChI=1S/C18H18FNO2/c19-18(15-9-5-2-6-10-15)13-21-17-11-16(18)20(22-17)12-14-7-3-1-4-8-14/h1-10,16-17H,11-13H2/t16-,17+,18-/m1/s1. The Morgan fingerprint density at radius 3 is 2.45 bits per heavy atom. The van der Waals surface area contributed by atoms with Crippen molar-refractivity contribution in [2.24, 2.45) is 0 Å². The van der Waals surface area contributed by atoms with E-state index in [0.29, 0.717) is 18.5 Å². The SMILES string of the molecule is F[C@@]1(c2ccccc2)CO[C@@H]2C[C@H]1N(Cc1ccccc1)O2. The predicted octanol–water partition coefficient (Wildman–Crippen LogP) is 3.41. The summed E-state index contributed by atoms with van der Waals surface area (Å²) < 4.78 is 21.3. The lowest BCUT2D eigenvalue weighted by Crippen LogP contribution is -2.48. The van der Waals surface area contributed by atoms with E-state index in [1.165, 1.54) is 0 Å². The number of halogens is 1. The van der Waals surface area contributed by atoms with Gasteiger partial charge in [0, 0.05) is 13.0 Å². The van der Waals surface area contributed by atoms with Gasteiger partial charge in [0.1, 0.15) is 0 Å².